The molecule has 3 rings (SSSR count). The smallest absolute Gasteiger partial charge is 0.261 e. The van der Waals surface area contributed by atoms with E-state index in [4.69, 9.17) is 14.2 Å². The molecule has 5 nitrogen and oxygen atoms in total. The van der Waals surface area contributed by atoms with Gasteiger partial charge in [-0.3, -0.25) is 4.79 Å². The normalized spacial score (nSPS) is 11.5. The number of hydrogen-bond donors (Lipinski definition) is 1. The van der Waals surface area contributed by atoms with Crippen LogP contribution in [-0.2, 0) is 11.3 Å². The third-order valence-electron chi connectivity index (χ3n) is 5.09. The zero-order chi connectivity index (χ0) is 22.8. The van der Waals surface area contributed by atoms with Crippen LogP contribution >= 0.6 is 0 Å². The Morgan fingerprint density at radius 3 is 2.34 bits per heavy atom. The fourth-order valence-electron chi connectivity index (χ4n) is 3.21. The van der Waals surface area contributed by atoms with Crippen LogP contribution in [0.15, 0.2) is 72.8 Å². The maximum absolute atomic E-state index is 12.5. The minimum atomic E-state index is -0.615. The van der Waals surface area contributed by atoms with Crippen LogP contribution in [0.1, 0.15) is 32.3 Å². The van der Waals surface area contributed by atoms with Crippen molar-refractivity contribution in [1.29, 1.82) is 0 Å². The summed E-state index contributed by atoms with van der Waals surface area (Å²) in [6, 6.07) is 23.6. The van der Waals surface area contributed by atoms with Gasteiger partial charge >= 0.3 is 0 Å². The molecule has 0 spiro atoms. The Hall–Kier alpha value is -3.47. The van der Waals surface area contributed by atoms with Gasteiger partial charge in [0.15, 0.2) is 17.6 Å². The van der Waals surface area contributed by atoms with Crippen molar-refractivity contribution < 1.29 is 19.0 Å². The quantitative estimate of drug-likeness (QED) is 0.399. The average Bonchev–Trinajstić information content (AvgIpc) is 2.84. The Kier molecular flexibility index (Phi) is 8.55. The molecule has 3 aromatic rings. The van der Waals surface area contributed by atoms with Crippen LogP contribution in [0.5, 0.6) is 17.2 Å². The molecule has 0 aromatic heterocycles. The van der Waals surface area contributed by atoms with Crippen molar-refractivity contribution in [3.05, 3.63) is 78.4 Å². The molecular weight excluding hydrogens is 402 g/mol. The van der Waals surface area contributed by atoms with Gasteiger partial charge in [-0.15, -0.1) is 0 Å². The van der Waals surface area contributed by atoms with Crippen LogP contribution in [-0.4, -0.2) is 25.7 Å². The van der Waals surface area contributed by atoms with Crippen LogP contribution in [0, 0.1) is 0 Å². The lowest BCUT2D eigenvalue weighted by Crippen LogP contribution is -2.35. The Morgan fingerprint density at radius 2 is 1.66 bits per heavy atom. The van der Waals surface area contributed by atoms with E-state index in [-0.39, 0.29) is 5.91 Å². The molecule has 1 unspecified atom stereocenters. The first-order valence-electron chi connectivity index (χ1n) is 11.0. The largest absolute Gasteiger partial charge is 0.493 e. The highest BCUT2D eigenvalue weighted by Crippen LogP contribution is 2.28. The SMILES string of the molecule is CCCCOc1ccc(CNC(=O)C(C)Oc2ccc(-c3ccccc3)cc2)cc1OC. The Bertz CT molecular complexity index is 986. The topological polar surface area (TPSA) is 56.8 Å². The summed E-state index contributed by atoms with van der Waals surface area (Å²) in [6.07, 6.45) is 1.45. The number of benzene rings is 3. The molecule has 0 heterocycles. The molecule has 0 aliphatic rings. The van der Waals surface area contributed by atoms with E-state index in [1.165, 1.54) is 0 Å². The van der Waals surface area contributed by atoms with E-state index in [0.29, 0.717) is 30.4 Å². The molecule has 0 radical (unpaired) electrons. The van der Waals surface area contributed by atoms with Crippen LogP contribution in [0.2, 0.25) is 0 Å². The fraction of sp³-hybridized carbons (Fsp3) is 0.296. The van der Waals surface area contributed by atoms with E-state index in [2.05, 4.69) is 24.4 Å². The van der Waals surface area contributed by atoms with Gasteiger partial charge in [0.25, 0.3) is 5.91 Å². The van der Waals surface area contributed by atoms with Crippen LogP contribution in [0.3, 0.4) is 0 Å². The van der Waals surface area contributed by atoms with E-state index in [1.807, 2.05) is 60.7 Å². The number of carbonyl (C=O) groups excluding carboxylic acids is 1. The molecule has 5 heteroatoms. The first kappa shape index (κ1) is 23.2. The highest BCUT2D eigenvalue weighted by atomic mass is 16.5. The molecule has 0 fully saturated rings. The van der Waals surface area contributed by atoms with Crippen molar-refractivity contribution in [1.82, 2.24) is 5.32 Å². The third-order valence-corrected chi connectivity index (χ3v) is 5.09. The van der Waals surface area contributed by atoms with Crippen molar-refractivity contribution in [2.24, 2.45) is 0 Å². The van der Waals surface area contributed by atoms with Crippen LogP contribution in [0.25, 0.3) is 11.1 Å². The summed E-state index contributed by atoms with van der Waals surface area (Å²) in [7, 11) is 1.61. The van der Waals surface area contributed by atoms with E-state index in [0.717, 1.165) is 29.5 Å². The molecule has 1 atom stereocenters. The number of amides is 1. The van der Waals surface area contributed by atoms with E-state index in [1.54, 1.807) is 14.0 Å². The molecule has 0 bridgehead atoms. The zero-order valence-electron chi connectivity index (χ0n) is 19.0. The number of methoxy groups -OCH3 is 1. The minimum absolute atomic E-state index is 0.181. The van der Waals surface area contributed by atoms with Crippen molar-refractivity contribution in [3.8, 4) is 28.4 Å². The van der Waals surface area contributed by atoms with Crippen molar-refractivity contribution in [2.45, 2.75) is 39.3 Å². The number of unbranched alkanes of at least 4 members (excludes halogenated alkanes) is 1. The van der Waals surface area contributed by atoms with Gasteiger partial charge in [-0.25, -0.2) is 0 Å². The van der Waals surface area contributed by atoms with E-state index in [9.17, 15) is 4.79 Å². The molecule has 0 saturated heterocycles. The lowest BCUT2D eigenvalue weighted by atomic mass is 10.1. The molecule has 1 amide bonds. The van der Waals surface area contributed by atoms with Gasteiger partial charge in [0, 0.05) is 6.54 Å². The summed E-state index contributed by atoms with van der Waals surface area (Å²) in [4.78, 5) is 12.5. The molecule has 168 valence electrons. The van der Waals surface area contributed by atoms with E-state index < -0.39 is 6.10 Å². The summed E-state index contributed by atoms with van der Waals surface area (Å²) in [6.45, 7) is 4.90. The first-order valence-corrected chi connectivity index (χ1v) is 11.0. The highest BCUT2D eigenvalue weighted by Gasteiger charge is 2.15. The van der Waals surface area contributed by atoms with Gasteiger partial charge in [-0.2, -0.15) is 0 Å². The number of hydrogen-bond acceptors (Lipinski definition) is 4. The predicted octanol–water partition coefficient (Wildman–Crippen LogP) is 5.62. The van der Waals surface area contributed by atoms with Crippen molar-refractivity contribution >= 4 is 5.91 Å². The van der Waals surface area contributed by atoms with Crippen LogP contribution in [0.4, 0.5) is 0 Å². The lowest BCUT2D eigenvalue weighted by molar-refractivity contribution is -0.127. The highest BCUT2D eigenvalue weighted by molar-refractivity contribution is 5.80. The predicted molar refractivity (Wildman–Crippen MR) is 127 cm³/mol. The van der Waals surface area contributed by atoms with Crippen LogP contribution < -0.4 is 19.5 Å². The molecule has 1 N–H and O–H groups in total. The summed E-state index contributed by atoms with van der Waals surface area (Å²) in [5, 5.41) is 2.92. The standard InChI is InChI=1S/C27H31NO4/c1-4-5-17-31-25-16-11-21(18-26(25)30-3)19-28-27(29)20(2)32-24-14-12-23(13-15-24)22-9-7-6-8-10-22/h6-16,18,20H,4-5,17,19H2,1-3H3,(H,28,29). The Balaban J connectivity index is 1.52. The summed E-state index contributed by atoms with van der Waals surface area (Å²) >= 11 is 0. The summed E-state index contributed by atoms with van der Waals surface area (Å²) in [5.74, 6) is 1.85. The molecule has 32 heavy (non-hydrogen) atoms. The lowest BCUT2D eigenvalue weighted by Gasteiger charge is -2.16. The van der Waals surface area contributed by atoms with Gasteiger partial charge in [-0.1, -0.05) is 61.9 Å². The minimum Gasteiger partial charge on any atom is -0.493 e. The molecular formula is C27H31NO4. The van der Waals surface area contributed by atoms with Gasteiger partial charge in [0.1, 0.15) is 5.75 Å². The Morgan fingerprint density at radius 1 is 0.938 bits per heavy atom. The second kappa shape index (κ2) is 11.8. The molecule has 0 saturated carbocycles. The number of ether oxygens (including phenoxy) is 3. The number of nitrogens with one attached hydrogen (secondary N) is 1. The summed E-state index contributed by atoms with van der Waals surface area (Å²) in [5.41, 5.74) is 3.17. The Labute approximate surface area is 190 Å². The zero-order valence-corrected chi connectivity index (χ0v) is 19.0. The molecule has 3 aromatic carbocycles. The number of carbonyl (C=O) groups is 1. The first-order chi connectivity index (χ1) is 15.6. The molecule has 0 aliphatic heterocycles. The third kappa shape index (κ3) is 6.51. The van der Waals surface area contributed by atoms with Gasteiger partial charge < -0.3 is 19.5 Å². The maximum Gasteiger partial charge on any atom is 0.261 e. The van der Waals surface area contributed by atoms with E-state index >= 15 is 0 Å². The average molecular weight is 434 g/mol. The van der Waals surface area contributed by atoms with Gasteiger partial charge in [-0.05, 0) is 54.3 Å². The maximum atomic E-state index is 12.5. The van der Waals surface area contributed by atoms with Crippen molar-refractivity contribution in [3.63, 3.8) is 0 Å². The monoisotopic (exact) mass is 433 g/mol. The second-order valence-electron chi connectivity index (χ2n) is 7.56. The summed E-state index contributed by atoms with van der Waals surface area (Å²) < 4.78 is 17.0. The fourth-order valence-corrected chi connectivity index (χ4v) is 3.21. The van der Waals surface area contributed by atoms with Crippen molar-refractivity contribution in [2.75, 3.05) is 13.7 Å². The second-order valence-corrected chi connectivity index (χ2v) is 7.56. The van der Waals surface area contributed by atoms with Gasteiger partial charge in [0.05, 0.1) is 13.7 Å². The number of rotatable bonds is 11. The van der Waals surface area contributed by atoms with Gasteiger partial charge in [0.2, 0.25) is 0 Å². The molecule has 0 aliphatic carbocycles.